The first-order valence-electron chi connectivity index (χ1n) is 10.2. The van der Waals surface area contributed by atoms with Crippen LogP contribution >= 0.6 is 0 Å². The number of fused-ring (bicyclic) bond motifs is 1. The SMILES string of the molecule is CC(C)OC1C=CC(c2nnc(-c3ccc4c(c3)C[C@](N)(CO)CC4)o2)=CC1C#N. The number of ether oxygens (including phenoxy) is 1. The van der Waals surface area contributed by atoms with E-state index in [0.717, 1.165) is 24.0 Å². The van der Waals surface area contributed by atoms with Gasteiger partial charge in [-0.15, -0.1) is 10.2 Å². The number of benzene rings is 1. The number of nitrogens with two attached hydrogens (primary N) is 1. The molecule has 0 saturated heterocycles. The van der Waals surface area contributed by atoms with Gasteiger partial charge in [0.05, 0.1) is 30.8 Å². The Hall–Kier alpha value is -2.79. The number of hydrogen-bond acceptors (Lipinski definition) is 7. The molecule has 1 aromatic carbocycles. The Kier molecular flexibility index (Phi) is 5.56. The van der Waals surface area contributed by atoms with Crippen LogP contribution < -0.4 is 5.73 Å². The lowest BCUT2D eigenvalue weighted by molar-refractivity contribution is 0.0232. The van der Waals surface area contributed by atoms with Crippen LogP contribution in [0.5, 0.6) is 0 Å². The third-order valence-corrected chi connectivity index (χ3v) is 5.63. The van der Waals surface area contributed by atoms with Gasteiger partial charge in [0.1, 0.15) is 0 Å². The fourth-order valence-corrected chi connectivity index (χ4v) is 3.97. The lowest BCUT2D eigenvalue weighted by atomic mass is 9.78. The third kappa shape index (κ3) is 4.08. The number of aryl methyl sites for hydroxylation is 1. The molecule has 3 atom stereocenters. The molecular weight excluding hydrogens is 380 g/mol. The second-order valence-corrected chi connectivity index (χ2v) is 8.38. The molecule has 0 amide bonds. The number of nitriles is 1. The summed E-state index contributed by atoms with van der Waals surface area (Å²) in [5.41, 5.74) is 9.56. The molecule has 4 rings (SSSR count). The largest absolute Gasteiger partial charge is 0.416 e. The van der Waals surface area contributed by atoms with Gasteiger partial charge in [0.15, 0.2) is 0 Å². The highest BCUT2D eigenvalue weighted by molar-refractivity contribution is 5.71. The molecule has 2 aliphatic rings. The Bertz CT molecular complexity index is 1030. The Morgan fingerprint density at radius 1 is 1.33 bits per heavy atom. The molecule has 0 radical (unpaired) electrons. The minimum atomic E-state index is -0.579. The van der Waals surface area contributed by atoms with Gasteiger partial charge in [-0.1, -0.05) is 24.3 Å². The summed E-state index contributed by atoms with van der Waals surface area (Å²) in [7, 11) is 0. The predicted octanol–water partition coefficient (Wildman–Crippen LogP) is 2.80. The van der Waals surface area contributed by atoms with Crippen molar-refractivity contribution in [1.82, 2.24) is 10.2 Å². The van der Waals surface area contributed by atoms with E-state index < -0.39 is 11.5 Å². The molecule has 7 heteroatoms. The van der Waals surface area contributed by atoms with Gasteiger partial charge in [0.25, 0.3) is 0 Å². The molecule has 30 heavy (non-hydrogen) atoms. The first-order chi connectivity index (χ1) is 14.4. The van der Waals surface area contributed by atoms with Crippen molar-refractivity contribution in [1.29, 1.82) is 5.26 Å². The zero-order chi connectivity index (χ0) is 21.3. The van der Waals surface area contributed by atoms with Crippen LogP contribution in [-0.2, 0) is 17.6 Å². The van der Waals surface area contributed by atoms with Crippen LogP contribution in [0.25, 0.3) is 17.0 Å². The van der Waals surface area contributed by atoms with Crippen LogP contribution in [0.1, 0.15) is 37.3 Å². The summed E-state index contributed by atoms with van der Waals surface area (Å²) < 4.78 is 11.7. The molecular formula is C23H26N4O3. The van der Waals surface area contributed by atoms with Crippen molar-refractivity contribution in [2.24, 2.45) is 11.7 Å². The van der Waals surface area contributed by atoms with Crippen LogP contribution in [0.2, 0.25) is 0 Å². The molecule has 7 nitrogen and oxygen atoms in total. The zero-order valence-electron chi connectivity index (χ0n) is 17.2. The number of hydrogen-bond donors (Lipinski definition) is 2. The van der Waals surface area contributed by atoms with Crippen LogP contribution in [0.4, 0.5) is 0 Å². The maximum absolute atomic E-state index is 9.61. The fourth-order valence-electron chi connectivity index (χ4n) is 3.97. The number of nitrogens with zero attached hydrogens (tertiary/aromatic N) is 3. The van der Waals surface area contributed by atoms with Gasteiger partial charge in [-0.25, -0.2) is 0 Å². The van der Waals surface area contributed by atoms with Crippen LogP contribution in [0, 0.1) is 17.2 Å². The summed E-state index contributed by atoms with van der Waals surface area (Å²) in [6, 6.07) is 8.31. The average Bonchev–Trinajstić information content (AvgIpc) is 3.23. The summed E-state index contributed by atoms with van der Waals surface area (Å²) in [5.74, 6) is 0.363. The molecule has 1 heterocycles. The quantitative estimate of drug-likeness (QED) is 0.784. The summed E-state index contributed by atoms with van der Waals surface area (Å²) in [4.78, 5) is 0. The first kappa shape index (κ1) is 20.5. The summed E-state index contributed by atoms with van der Waals surface area (Å²) in [6.07, 6.45) is 7.49. The molecule has 1 aromatic heterocycles. The van der Waals surface area contributed by atoms with Crippen molar-refractivity contribution in [2.45, 2.75) is 50.9 Å². The molecule has 0 fully saturated rings. The highest BCUT2D eigenvalue weighted by atomic mass is 16.5. The van der Waals surface area contributed by atoms with Gasteiger partial charge >= 0.3 is 0 Å². The second kappa shape index (κ2) is 8.15. The lowest BCUT2D eigenvalue weighted by Gasteiger charge is -2.33. The minimum absolute atomic E-state index is 0.0301. The molecule has 0 saturated carbocycles. The zero-order valence-corrected chi connectivity index (χ0v) is 17.2. The number of rotatable bonds is 5. The van der Waals surface area contributed by atoms with E-state index in [9.17, 15) is 10.4 Å². The van der Waals surface area contributed by atoms with Crippen molar-refractivity contribution in [3.8, 4) is 17.5 Å². The maximum atomic E-state index is 9.61. The number of aliphatic hydroxyl groups is 1. The highest BCUT2D eigenvalue weighted by Crippen LogP contribution is 2.32. The van der Waals surface area contributed by atoms with Gasteiger partial charge in [0.2, 0.25) is 11.8 Å². The standard InChI is InChI=1S/C23H26N4O3/c1-14(2)29-20-6-5-17(10-19(20)12-24)22-27-26-21(30-22)16-4-3-15-7-8-23(25,13-28)11-18(15)9-16/h3-6,9-10,14,19-20,28H,7-8,11,13,25H2,1-2H3/t19?,20?,23-/m0/s1. The Labute approximate surface area is 175 Å². The third-order valence-electron chi connectivity index (χ3n) is 5.63. The molecule has 2 unspecified atom stereocenters. The van der Waals surface area contributed by atoms with Gasteiger partial charge in [-0.2, -0.15) is 5.26 Å². The Balaban J connectivity index is 1.57. The maximum Gasteiger partial charge on any atom is 0.248 e. The van der Waals surface area contributed by atoms with Crippen molar-refractivity contribution in [3.63, 3.8) is 0 Å². The van der Waals surface area contributed by atoms with Crippen LogP contribution in [0.15, 0.2) is 40.8 Å². The van der Waals surface area contributed by atoms with E-state index in [1.54, 1.807) is 6.08 Å². The summed E-state index contributed by atoms with van der Waals surface area (Å²) in [5, 5.41) is 27.5. The lowest BCUT2D eigenvalue weighted by Crippen LogP contribution is -2.48. The molecule has 0 bridgehead atoms. The molecule has 0 spiro atoms. The van der Waals surface area contributed by atoms with Crippen LogP contribution in [0.3, 0.4) is 0 Å². The summed E-state index contributed by atoms with van der Waals surface area (Å²) >= 11 is 0. The number of aromatic nitrogens is 2. The molecule has 156 valence electrons. The van der Waals surface area contributed by atoms with E-state index >= 15 is 0 Å². The predicted molar refractivity (Wildman–Crippen MR) is 112 cm³/mol. The topological polar surface area (TPSA) is 118 Å². The van der Waals surface area contributed by atoms with Gasteiger partial charge < -0.3 is 20.0 Å². The van der Waals surface area contributed by atoms with E-state index in [1.807, 2.05) is 38.1 Å². The van der Waals surface area contributed by atoms with E-state index in [4.69, 9.17) is 14.9 Å². The summed E-state index contributed by atoms with van der Waals surface area (Å²) in [6.45, 7) is 3.85. The van der Waals surface area contributed by atoms with Gasteiger partial charge in [-0.05, 0) is 56.4 Å². The van der Waals surface area contributed by atoms with E-state index in [-0.39, 0.29) is 18.8 Å². The number of aliphatic hydroxyl groups excluding tert-OH is 1. The van der Waals surface area contributed by atoms with Crippen molar-refractivity contribution < 1.29 is 14.3 Å². The van der Waals surface area contributed by atoms with E-state index in [1.165, 1.54) is 5.56 Å². The molecule has 0 aliphatic heterocycles. The minimum Gasteiger partial charge on any atom is -0.416 e. The average molecular weight is 406 g/mol. The molecule has 3 N–H and O–H groups in total. The van der Waals surface area contributed by atoms with E-state index in [0.29, 0.717) is 23.8 Å². The van der Waals surface area contributed by atoms with Crippen molar-refractivity contribution in [2.75, 3.05) is 6.61 Å². The Morgan fingerprint density at radius 2 is 2.13 bits per heavy atom. The number of allylic oxidation sites excluding steroid dienone is 2. The van der Waals surface area contributed by atoms with Crippen LogP contribution in [-0.4, -0.2) is 39.7 Å². The van der Waals surface area contributed by atoms with Crippen molar-refractivity contribution >= 4 is 5.57 Å². The second-order valence-electron chi connectivity index (χ2n) is 8.38. The highest BCUT2D eigenvalue weighted by Gasteiger charge is 2.30. The van der Waals surface area contributed by atoms with Gasteiger partial charge in [-0.3, -0.25) is 0 Å². The first-order valence-corrected chi connectivity index (χ1v) is 10.2. The van der Waals surface area contributed by atoms with E-state index in [2.05, 4.69) is 22.3 Å². The smallest absolute Gasteiger partial charge is 0.248 e. The fraction of sp³-hybridized carbons (Fsp3) is 0.435. The molecule has 2 aliphatic carbocycles. The van der Waals surface area contributed by atoms with Crippen molar-refractivity contribution in [3.05, 3.63) is 53.4 Å². The van der Waals surface area contributed by atoms with Gasteiger partial charge in [0, 0.05) is 16.7 Å². The monoisotopic (exact) mass is 406 g/mol. The Morgan fingerprint density at radius 3 is 2.87 bits per heavy atom. The normalized spacial score (nSPS) is 25.7. The molecule has 2 aromatic rings.